The number of para-hydroxylation sites is 1. The van der Waals surface area contributed by atoms with Gasteiger partial charge in [0.2, 0.25) is 5.91 Å². The van der Waals surface area contributed by atoms with Crippen LogP contribution >= 0.6 is 0 Å². The van der Waals surface area contributed by atoms with Crippen LogP contribution in [0, 0.1) is 5.82 Å². The first-order valence-corrected chi connectivity index (χ1v) is 9.14. The number of hydrogen-bond donors (Lipinski definition) is 1. The second kappa shape index (κ2) is 8.97. The molecule has 1 amide bonds. The summed E-state index contributed by atoms with van der Waals surface area (Å²) in [7, 11) is 3.45. The van der Waals surface area contributed by atoms with Gasteiger partial charge in [-0.25, -0.2) is 4.39 Å². The number of ether oxygens (including phenoxy) is 1. The molecule has 5 nitrogen and oxygen atoms in total. The Morgan fingerprint density at radius 3 is 2.74 bits per heavy atom. The van der Waals surface area contributed by atoms with Crippen LogP contribution in [-0.2, 0) is 11.3 Å². The molecule has 1 atom stereocenters. The number of piperazine rings is 1. The molecule has 0 bridgehead atoms. The van der Waals surface area contributed by atoms with Crippen LogP contribution in [0.25, 0.3) is 0 Å². The maximum atomic E-state index is 13.1. The van der Waals surface area contributed by atoms with Crippen LogP contribution in [0.1, 0.15) is 17.2 Å². The molecule has 144 valence electrons. The summed E-state index contributed by atoms with van der Waals surface area (Å²) < 4.78 is 18.6. The highest BCUT2D eigenvalue weighted by Gasteiger charge is 2.28. The van der Waals surface area contributed by atoms with Gasteiger partial charge in [-0.1, -0.05) is 30.3 Å². The van der Waals surface area contributed by atoms with Crippen molar-refractivity contribution in [1.29, 1.82) is 0 Å². The topological polar surface area (TPSA) is 44.8 Å². The Bertz CT molecular complexity index is 766. The van der Waals surface area contributed by atoms with Gasteiger partial charge in [0.15, 0.2) is 0 Å². The maximum Gasteiger partial charge on any atom is 0.236 e. The van der Waals surface area contributed by atoms with Crippen LogP contribution in [0.3, 0.4) is 0 Å². The lowest BCUT2D eigenvalue weighted by molar-refractivity contribution is -0.132. The summed E-state index contributed by atoms with van der Waals surface area (Å²) in [6.45, 7) is 3.21. The van der Waals surface area contributed by atoms with E-state index < -0.39 is 0 Å². The number of benzene rings is 2. The third-order valence-electron chi connectivity index (χ3n) is 4.95. The van der Waals surface area contributed by atoms with Crippen LogP contribution in [0.2, 0.25) is 0 Å². The molecule has 27 heavy (non-hydrogen) atoms. The molecular formula is C21H26FN3O2. The number of halogens is 1. The molecule has 3 rings (SSSR count). The van der Waals surface area contributed by atoms with E-state index in [-0.39, 0.29) is 17.8 Å². The molecule has 0 aromatic heterocycles. The SMILES string of the molecule is COc1ccccc1C1CNCCN1CC(=O)N(C)Cc1ccc(F)cc1. The number of methoxy groups -OCH3 is 1. The first kappa shape index (κ1) is 19.3. The number of rotatable bonds is 6. The first-order valence-electron chi connectivity index (χ1n) is 9.14. The quantitative estimate of drug-likeness (QED) is 0.847. The van der Waals surface area contributed by atoms with E-state index in [4.69, 9.17) is 4.74 Å². The van der Waals surface area contributed by atoms with Gasteiger partial charge in [-0.15, -0.1) is 0 Å². The second-order valence-electron chi connectivity index (χ2n) is 6.81. The van der Waals surface area contributed by atoms with Crippen molar-refractivity contribution in [3.63, 3.8) is 0 Å². The normalized spacial score (nSPS) is 17.5. The Morgan fingerprint density at radius 1 is 1.26 bits per heavy atom. The first-order chi connectivity index (χ1) is 13.1. The summed E-state index contributed by atoms with van der Waals surface area (Å²) in [6, 6.07) is 14.3. The molecule has 6 heteroatoms. The zero-order chi connectivity index (χ0) is 19.2. The van der Waals surface area contributed by atoms with Crippen molar-refractivity contribution >= 4 is 5.91 Å². The van der Waals surface area contributed by atoms with Crippen LogP contribution in [-0.4, -0.2) is 56.0 Å². The van der Waals surface area contributed by atoms with Crippen LogP contribution in [0.15, 0.2) is 48.5 Å². The average Bonchev–Trinajstić information content (AvgIpc) is 2.70. The monoisotopic (exact) mass is 371 g/mol. The van der Waals surface area contributed by atoms with E-state index >= 15 is 0 Å². The Kier molecular flexibility index (Phi) is 6.42. The summed E-state index contributed by atoms with van der Waals surface area (Å²) >= 11 is 0. The number of carbonyl (C=O) groups is 1. The van der Waals surface area contributed by atoms with E-state index in [2.05, 4.69) is 16.3 Å². The van der Waals surface area contributed by atoms with Gasteiger partial charge in [0.1, 0.15) is 11.6 Å². The molecule has 0 aliphatic carbocycles. The Labute approximate surface area is 159 Å². The third-order valence-corrected chi connectivity index (χ3v) is 4.95. The fourth-order valence-electron chi connectivity index (χ4n) is 3.43. The minimum atomic E-state index is -0.270. The molecule has 1 fully saturated rings. The predicted octanol–water partition coefficient (Wildman–Crippen LogP) is 2.44. The standard InChI is InChI=1S/C21H26FN3O2/c1-24(14-16-7-9-17(22)10-8-16)21(26)15-25-12-11-23-13-19(25)18-5-3-4-6-20(18)27-2/h3-10,19,23H,11-15H2,1-2H3. The molecule has 1 unspecified atom stereocenters. The van der Waals surface area contributed by atoms with Crippen LogP contribution in [0.4, 0.5) is 4.39 Å². The van der Waals surface area contributed by atoms with E-state index in [1.165, 1.54) is 12.1 Å². The van der Waals surface area contributed by atoms with E-state index in [0.717, 1.165) is 36.5 Å². The number of nitrogens with one attached hydrogen (secondary N) is 1. The minimum absolute atomic E-state index is 0.0427. The molecule has 2 aromatic carbocycles. The van der Waals surface area contributed by atoms with Crippen molar-refractivity contribution in [2.24, 2.45) is 0 Å². The molecule has 1 saturated heterocycles. The molecule has 1 aliphatic rings. The molecule has 1 aliphatic heterocycles. The van der Waals surface area contributed by atoms with Crippen LogP contribution < -0.4 is 10.1 Å². The molecule has 0 radical (unpaired) electrons. The summed E-state index contributed by atoms with van der Waals surface area (Å²) in [5.74, 6) is 0.609. The lowest BCUT2D eigenvalue weighted by Gasteiger charge is -2.37. The highest BCUT2D eigenvalue weighted by atomic mass is 19.1. The summed E-state index contributed by atoms with van der Waals surface area (Å²) in [6.07, 6.45) is 0. The van der Waals surface area contributed by atoms with Gasteiger partial charge in [0.05, 0.1) is 19.7 Å². The van der Waals surface area contributed by atoms with Gasteiger partial charge in [-0.05, 0) is 23.8 Å². The number of nitrogens with zero attached hydrogens (tertiary/aromatic N) is 2. The number of hydrogen-bond acceptors (Lipinski definition) is 4. The lowest BCUT2D eigenvalue weighted by Crippen LogP contribution is -2.49. The van der Waals surface area contributed by atoms with Gasteiger partial charge in [-0.2, -0.15) is 0 Å². The summed E-state index contributed by atoms with van der Waals surface area (Å²) in [5.41, 5.74) is 2.00. The second-order valence-corrected chi connectivity index (χ2v) is 6.81. The average molecular weight is 371 g/mol. The Morgan fingerprint density at radius 2 is 2.00 bits per heavy atom. The lowest BCUT2D eigenvalue weighted by atomic mass is 10.0. The van der Waals surface area contributed by atoms with Crippen molar-refractivity contribution in [2.45, 2.75) is 12.6 Å². The van der Waals surface area contributed by atoms with Crippen molar-refractivity contribution < 1.29 is 13.9 Å². The Hall–Kier alpha value is -2.44. The molecule has 2 aromatic rings. The highest BCUT2D eigenvalue weighted by molar-refractivity contribution is 5.78. The molecule has 1 N–H and O–H groups in total. The summed E-state index contributed by atoms with van der Waals surface area (Å²) in [4.78, 5) is 16.7. The largest absolute Gasteiger partial charge is 0.496 e. The minimum Gasteiger partial charge on any atom is -0.496 e. The van der Waals surface area contributed by atoms with Crippen LogP contribution in [0.5, 0.6) is 5.75 Å². The fraction of sp³-hybridized carbons (Fsp3) is 0.381. The molecule has 0 spiro atoms. The smallest absolute Gasteiger partial charge is 0.236 e. The maximum absolute atomic E-state index is 13.1. The van der Waals surface area contributed by atoms with Crippen molar-refractivity contribution in [3.8, 4) is 5.75 Å². The molecular weight excluding hydrogens is 345 g/mol. The number of likely N-dealkylation sites (N-methyl/N-ethyl adjacent to an activating group) is 1. The molecule has 0 saturated carbocycles. The predicted molar refractivity (Wildman–Crippen MR) is 103 cm³/mol. The fourth-order valence-corrected chi connectivity index (χ4v) is 3.43. The van der Waals surface area contributed by atoms with Gasteiger partial charge in [-0.3, -0.25) is 9.69 Å². The number of amides is 1. The van der Waals surface area contributed by atoms with Gasteiger partial charge >= 0.3 is 0 Å². The van der Waals surface area contributed by atoms with Crippen molar-refractivity contribution in [2.75, 3.05) is 40.3 Å². The highest BCUT2D eigenvalue weighted by Crippen LogP contribution is 2.30. The van der Waals surface area contributed by atoms with Crippen molar-refractivity contribution in [1.82, 2.24) is 15.1 Å². The van der Waals surface area contributed by atoms with Gasteiger partial charge in [0, 0.05) is 38.8 Å². The van der Waals surface area contributed by atoms with E-state index in [0.29, 0.717) is 13.1 Å². The zero-order valence-electron chi connectivity index (χ0n) is 15.8. The molecule has 1 heterocycles. The number of carbonyl (C=O) groups excluding carboxylic acids is 1. The van der Waals surface area contributed by atoms with Gasteiger partial charge in [0.25, 0.3) is 0 Å². The summed E-state index contributed by atoms with van der Waals surface area (Å²) in [5, 5.41) is 3.40. The van der Waals surface area contributed by atoms with E-state index in [1.54, 1.807) is 31.2 Å². The zero-order valence-corrected chi connectivity index (χ0v) is 15.8. The van der Waals surface area contributed by atoms with Gasteiger partial charge < -0.3 is 15.0 Å². The van der Waals surface area contributed by atoms with E-state index in [9.17, 15) is 9.18 Å². The Balaban J connectivity index is 1.68. The third kappa shape index (κ3) is 4.84. The van der Waals surface area contributed by atoms with E-state index in [1.807, 2.05) is 18.2 Å². The van der Waals surface area contributed by atoms with Crippen molar-refractivity contribution in [3.05, 3.63) is 65.5 Å².